The van der Waals surface area contributed by atoms with Gasteiger partial charge >= 0.3 is 0 Å². The van der Waals surface area contributed by atoms with E-state index in [4.69, 9.17) is 4.74 Å². The zero-order valence-corrected chi connectivity index (χ0v) is 8.26. The number of phenolic OH excluding ortho intramolecular Hbond substituents is 1. The second-order valence-corrected chi connectivity index (χ2v) is 3.10. The predicted molar refractivity (Wildman–Crippen MR) is 56.4 cm³/mol. The number of rotatable bonds is 3. The maximum absolute atomic E-state index is 12.0. The molecule has 0 aromatic heterocycles. The van der Waals surface area contributed by atoms with Crippen molar-refractivity contribution in [3.05, 3.63) is 48.5 Å². The number of benzene rings is 2. The Kier molecular flexibility index (Phi) is 2.91. The van der Waals surface area contributed by atoms with Crippen LogP contribution in [0.5, 0.6) is 23.0 Å². The predicted octanol–water partition coefficient (Wildman–Crippen LogP) is 3.45. The topological polar surface area (TPSA) is 38.7 Å². The highest BCUT2D eigenvalue weighted by atomic mass is 19.3. The van der Waals surface area contributed by atoms with Gasteiger partial charge in [0.05, 0.1) is 0 Å². The third-order valence-corrected chi connectivity index (χ3v) is 2.02. The lowest BCUT2D eigenvalue weighted by atomic mass is 10.3. The fourth-order valence-corrected chi connectivity index (χ4v) is 1.26. The van der Waals surface area contributed by atoms with Crippen LogP contribution in [0.2, 0.25) is 0 Å². The molecule has 0 spiro atoms. The number of hydrogen-bond donors (Lipinski definition) is 1. The zero-order chi connectivity index (χ0) is 11.4. The molecule has 3 nitrogen and oxygen atoms in total. The second-order valence-electron chi connectivity index (χ2n) is 3.10. The van der Waals surface area contributed by atoms with Crippen molar-refractivity contribution in [3.63, 3.8) is 0 Å². The Bertz CT molecular complexity index is 471. The first-order valence-electron chi connectivity index (χ1n) is 4.64. The van der Waals surface area contributed by atoms with E-state index in [-0.39, 0.29) is 17.2 Å². The van der Waals surface area contributed by atoms with Crippen LogP contribution in [-0.2, 0) is 0 Å². The number of hydrogen-bond acceptors (Lipinski definition) is 3. The van der Waals surface area contributed by atoms with E-state index >= 15 is 0 Å². The number of ether oxygens (including phenoxy) is 1. The molecular formula is C12H9FO3. The van der Waals surface area contributed by atoms with Crippen LogP contribution in [0.15, 0.2) is 48.5 Å². The molecule has 0 heterocycles. The molecule has 0 bridgehead atoms. The van der Waals surface area contributed by atoms with Gasteiger partial charge in [0.25, 0.3) is 0 Å². The number of halogens is 1. The van der Waals surface area contributed by atoms with Gasteiger partial charge in [0, 0.05) is 4.53 Å². The lowest BCUT2D eigenvalue weighted by molar-refractivity contribution is -0.00922. The summed E-state index contributed by atoms with van der Waals surface area (Å²) in [6.45, 7) is 0. The molecule has 0 radical (unpaired) electrons. The normalized spacial score (nSPS) is 9.81. The molecule has 0 saturated carbocycles. The standard InChI is InChI=1S/C12H9FO3/c13-16-11-8-4-7-10(12(11)14)15-9-5-2-1-3-6-9/h1-8,14H. The van der Waals surface area contributed by atoms with E-state index in [1.807, 2.05) is 6.07 Å². The van der Waals surface area contributed by atoms with Gasteiger partial charge in [0.15, 0.2) is 5.75 Å². The van der Waals surface area contributed by atoms with Crippen LogP contribution in [0.4, 0.5) is 4.53 Å². The molecule has 2 aromatic carbocycles. The van der Waals surface area contributed by atoms with Gasteiger partial charge in [0.1, 0.15) is 5.75 Å². The summed E-state index contributed by atoms with van der Waals surface area (Å²) < 4.78 is 17.3. The first kappa shape index (κ1) is 10.3. The lowest BCUT2D eigenvalue weighted by Crippen LogP contribution is -1.86. The molecule has 0 atom stereocenters. The minimum Gasteiger partial charge on any atom is -0.502 e. The summed E-state index contributed by atoms with van der Waals surface area (Å²) in [6.07, 6.45) is 0. The van der Waals surface area contributed by atoms with Crippen LogP contribution in [0, 0.1) is 0 Å². The average molecular weight is 220 g/mol. The Morgan fingerprint density at radius 2 is 1.56 bits per heavy atom. The highest BCUT2D eigenvalue weighted by molar-refractivity contribution is 5.51. The smallest absolute Gasteiger partial charge is 0.217 e. The van der Waals surface area contributed by atoms with Crippen molar-refractivity contribution in [1.29, 1.82) is 0 Å². The van der Waals surface area contributed by atoms with Crippen molar-refractivity contribution in [3.8, 4) is 23.0 Å². The Labute approximate surface area is 91.6 Å². The van der Waals surface area contributed by atoms with Gasteiger partial charge in [0.2, 0.25) is 11.5 Å². The Balaban J connectivity index is 2.28. The van der Waals surface area contributed by atoms with Gasteiger partial charge in [-0.3, -0.25) is 4.94 Å². The summed E-state index contributed by atoms with van der Waals surface area (Å²) in [7, 11) is 0. The van der Waals surface area contributed by atoms with E-state index in [0.29, 0.717) is 5.75 Å². The molecule has 0 aliphatic heterocycles. The molecular weight excluding hydrogens is 211 g/mol. The minimum atomic E-state index is -0.367. The van der Waals surface area contributed by atoms with E-state index < -0.39 is 0 Å². The van der Waals surface area contributed by atoms with Crippen molar-refractivity contribution < 1.29 is 19.3 Å². The zero-order valence-electron chi connectivity index (χ0n) is 8.26. The third kappa shape index (κ3) is 2.06. The molecule has 2 aromatic rings. The average Bonchev–Trinajstić information content (AvgIpc) is 2.33. The molecule has 0 aliphatic rings. The highest BCUT2D eigenvalue weighted by Crippen LogP contribution is 2.38. The van der Waals surface area contributed by atoms with E-state index in [0.717, 1.165) is 0 Å². The summed E-state index contributed by atoms with van der Waals surface area (Å²) in [6, 6.07) is 13.2. The SMILES string of the molecule is Oc1c(OF)cccc1Oc1ccccc1. The van der Waals surface area contributed by atoms with E-state index in [9.17, 15) is 9.63 Å². The number of aromatic hydroxyl groups is 1. The van der Waals surface area contributed by atoms with Gasteiger partial charge in [-0.15, -0.1) is 0 Å². The summed E-state index contributed by atoms with van der Waals surface area (Å²) in [5.41, 5.74) is 0. The molecule has 0 unspecified atom stereocenters. The first-order valence-corrected chi connectivity index (χ1v) is 4.64. The summed E-state index contributed by atoms with van der Waals surface area (Å²) in [5.74, 6) is 0.0532. The maximum Gasteiger partial charge on any atom is 0.217 e. The van der Waals surface area contributed by atoms with E-state index in [2.05, 4.69) is 4.94 Å². The molecule has 0 amide bonds. The van der Waals surface area contributed by atoms with Crippen molar-refractivity contribution in [2.45, 2.75) is 0 Å². The second kappa shape index (κ2) is 4.53. The quantitative estimate of drug-likeness (QED) is 0.860. The molecule has 2 rings (SSSR count). The van der Waals surface area contributed by atoms with Gasteiger partial charge < -0.3 is 9.84 Å². The first-order chi connectivity index (χ1) is 7.81. The van der Waals surface area contributed by atoms with Crippen LogP contribution >= 0.6 is 0 Å². The molecule has 0 fully saturated rings. The summed E-state index contributed by atoms with van der Waals surface area (Å²) in [5, 5.41) is 9.56. The van der Waals surface area contributed by atoms with Crippen molar-refractivity contribution in [2.75, 3.05) is 0 Å². The fraction of sp³-hybridized carbons (Fsp3) is 0. The summed E-state index contributed by atoms with van der Waals surface area (Å²) >= 11 is 0. The van der Waals surface area contributed by atoms with Crippen LogP contribution < -0.4 is 9.68 Å². The highest BCUT2D eigenvalue weighted by Gasteiger charge is 2.10. The van der Waals surface area contributed by atoms with E-state index in [1.165, 1.54) is 18.2 Å². The molecule has 16 heavy (non-hydrogen) atoms. The number of phenols is 1. The third-order valence-electron chi connectivity index (χ3n) is 2.02. The van der Waals surface area contributed by atoms with Crippen LogP contribution in [-0.4, -0.2) is 5.11 Å². The van der Waals surface area contributed by atoms with Crippen molar-refractivity contribution >= 4 is 0 Å². The minimum absolute atomic E-state index is 0.140. The Morgan fingerprint density at radius 3 is 2.25 bits per heavy atom. The van der Waals surface area contributed by atoms with E-state index in [1.54, 1.807) is 24.3 Å². The molecule has 1 N–H and O–H groups in total. The van der Waals surface area contributed by atoms with Crippen LogP contribution in [0.1, 0.15) is 0 Å². The lowest BCUT2D eigenvalue weighted by Gasteiger charge is -2.08. The molecule has 82 valence electrons. The van der Waals surface area contributed by atoms with Crippen molar-refractivity contribution in [1.82, 2.24) is 0 Å². The van der Waals surface area contributed by atoms with Crippen LogP contribution in [0.25, 0.3) is 0 Å². The van der Waals surface area contributed by atoms with Gasteiger partial charge in [-0.1, -0.05) is 24.3 Å². The van der Waals surface area contributed by atoms with Gasteiger partial charge in [-0.2, -0.15) is 0 Å². The van der Waals surface area contributed by atoms with Gasteiger partial charge in [-0.05, 0) is 24.3 Å². The Hall–Kier alpha value is -2.23. The molecule has 0 saturated heterocycles. The Morgan fingerprint density at radius 1 is 0.875 bits per heavy atom. The fourth-order valence-electron chi connectivity index (χ4n) is 1.26. The van der Waals surface area contributed by atoms with Crippen molar-refractivity contribution in [2.24, 2.45) is 0 Å². The van der Waals surface area contributed by atoms with Crippen LogP contribution in [0.3, 0.4) is 0 Å². The molecule has 0 aliphatic carbocycles. The largest absolute Gasteiger partial charge is 0.502 e. The monoisotopic (exact) mass is 220 g/mol. The molecule has 4 heteroatoms. The number of para-hydroxylation sites is 2. The maximum atomic E-state index is 12.0. The van der Waals surface area contributed by atoms with Gasteiger partial charge in [-0.25, -0.2) is 0 Å². The summed E-state index contributed by atoms with van der Waals surface area (Å²) in [4.78, 5) is 3.49.